The van der Waals surface area contributed by atoms with Crippen molar-refractivity contribution in [2.75, 3.05) is 24.5 Å². The van der Waals surface area contributed by atoms with Crippen LogP contribution in [0, 0.1) is 0 Å². The first-order chi connectivity index (χ1) is 16.6. The molecular formula is C27H31N5O2. The molecule has 2 aliphatic rings. The maximum Gasteiger partial charge on any atom is 0.274 e. The molecule has 0 radical (unpaired) electrons. The second-order valence-corrected chi connectivity index (χ2v) is 9.51. The first kappa shape index (κ1) is 22.5. The molecule has 176 valence electrons. The molecule has 1 aromatic carbocycles. The molecule has 2 aromatic heterocycles. The van der Waals surface area contributed by atoms with Crippen molar-refractivity contribution in [3.8, 4) is 0 Å². The number of piperidine rings is 1. The van der Waals surface area contributed by atoms with Crippen molar-refractivity contribution in [3.63, 3.8) is 0 Å². The van der Waals surface area contributed by atoms with Crippen molar-refractivity contribution in [3.05, 3.63) is 88.9 Å². The molecule has 0 spiro atoms. The van der Waals surface area contributed by atoms with E-state index in [0.717, 1.165) is 56.9 Å². The predicted molar refractivity (Wildman–Crippen MR) is 131 cm³/mol. The van der Waals surface area contributed by atoms with Gasteiger partial charge in [0.2, 0.25) is 0 Å². The van der Waals surface area contributed by atoms with Crippen molar-refractivity contribution in [2.45, 2.75) is 44.7 Å². The normalized spacial score (nSPS) is 18.6. The van der Waals surface area contributed by atoms with Crippen molar-refractivity contribution in [1.82, 2.24) is 20.3 Å². The summed E-state index contributed by atoms with van der Waals surface area (Å²) in [4.78, 5) is 25.5. The smallest absolute Gasteiger partial charge is 0.274 e. The fourth-order valence-corrected chi connectivity index (χ4v) is 5.22. The topological polar surface area (TPSA) is 81.6 Å². The Kier molecular flexibility index (Phi) is 6.56. The number of rotatable bonds is 6. The number of anilines is 1. The Balaban J connectivity index is 1.22. The summed E-state index contributed by atoms with van der Waals surface area (Å²) in [5, 5.41) is 8.79. The second-order valence-electron chi connectivity index (χ2n) is 9.51. The molecule has 7 heteroatoms. The summed E-state index contributed by atoms with van der Waals surface area (Å²) in [5.41, 5.74) is 7.21. The number of carbonyl (C=O) groups excluding carboxylic acids is 1. The van der Waals surface area contributed by atoms with Crippen LogP contribution in [0.3, 0.4) is 0 Å². The zero-order chi connectivity index (χ0) is 23.5. The van der Waals surface area contributed by atoms with Crippen LogP contribution >= 0.6 is 0 Å². The molecule has 1 unspecified atom stereocenters. The summed E-state index contributed by atoms with van der Waals surface area (Å²) < 4.78 is 0. The van der Waals surface area contributed by atoms with E-state index in [9.17, 15) is 4.79 Å². The molecule has 4 heterocycles. The summed E-state index contributed by atoms with van der Waals surface area (Å²) in [6.07, 6.45) is 8.19. The number of aromatic nitrogens is 2. The fraction of sp³-hybridized carbons (Fsp3) is 0.370. The third kappa shape index (κ3) is 4.81. The quantitative estimate of drug-likeness (QED) is 0.429. The van der Waals surface area contributed by atoms with Gasteiger partial charge in [-0.25, -0.2) is 10.5 Å². The highest BCUT2D eigenvalue weighted by Crippen LogP contribution is 2.38. The number of nitrogens with one attached hydrogen (secondary N) is 1. The maximum atomic E-state index is 11.6. The van der Waals surface area contributed by atoms with E-state index >= 15 is 0 Å². The molecule has 7 nitrogen and oxygen atoms in total. The van der Waals surface area contributed by atoms with E-state index in [1.807, 2.05) is 30.6 Å². The van der Waals surface area contributed by atoms with Crippen LogP contribution in [0.5, 0.6) is 0 Å². The third-order valence-electron chi connectivity index (χ3n) is 7.12. The Labute approximate surface area is 200 Å². The zero-order valence-corrected chi connectivity index (χ0v) is 19.5. The van der Waals surface area contributed by atoms with Crippen LogP contribution in [0.1, 0.15) is 64.2 Å². The Hall–Kier alpha value is -3.29. The lowest BCUT2D eigenvalue weighted by Crippen LogP contribution is -2.32. The lowest BCUT2D eigenvalue weighted by molar-refractivity contribution is 0.0706. The average Bonchev–Trinajstić information content (AvgIpc) is 3.19. The molecule has 2 aliphatic heterocycles. The van der Waals surface area contributed by atoms with Gasteiger partial charge in [0.15, 0.2) is 0 Å². The number of likely N-dealkylation sites (tertiary alicyclic amines) is 1. The minimum absolute atomic E-state index is 0.438. The summed E-state index contributed by atoms with van der Waals surface area (Å²) in [6, 6.07) is 13.9. The number of amides is 1. The van der Waals surface area contributed by atoms with Crippen molar-refractivity contribution < 1.29 is 10.0 Å². The number of nitrogens with zero attached hydrogens (tertiary/aromatic N) is 4. The first-order valence-electron chi connectivity index (χ1n) is 12.0. The molecule has 1 atom stereocenters. The highest BCUT2D eigenvalue weighted by molar-refractivity contribution is 5.93. The van der Waals surface area contributed by atoms with Gasteiger partial charge in [0, 0.05) is 49.7 Å². The van der Waals surface area contributed by atoms with E-state index in [1.54, 1.807) is 17.6 Å². The number of hydrogen-bond donors (Lipinski definition) is 2. The molecule has 5 rings (SSSR count). The van der Waals surface area contributed by atoms with Crippen LogP contribution in [0.2, 0.25) is 0 Å². The minimum Gasteiger partial charge on any atom is -0.351 e. The SMILES string of the molecule is CC1CN(Cc2ccc(C(=O)NO)cc2)c2ncc(C3CCN(Cc4cccnc4)CC3)cc21. The highest BCUT2D eigenvalue weighted by atomic mass is 16.5. The van der Waals surface area contributed by atoms with Gasteiger partial charge in [-0.1, -0.05) is 25.1 Å². The van der Waals surface area contributed by atoms with E-state index < -0.39 is 5.91 Å². The molecule has 34 heavy (non-hydrogen) atoms. The highest BCUT2D eigenvalue weighted by Gasteiger charge is 2.29. The number of carbonyl (C=O) groups is 1. The summed E-state index contributed by atoms with van der Waals surface area (Å²) >= 11 is 0. The number of pyridine rings is 2. The van der Waals surface area contributed by atoms with Gasteiger partial charge in [0.05, 0.1) is 0 Å². The van der Waals surface area contributed by atoms with Gasteiger partial charge in [-0.15, -0.1) is 0 Å². The monoisotopic (exact) mass is 457 g/mol. The molecule has 3 aromatic rings. The van der Waals surface area contributed by atoms with E-state index in [2.05, 4.69) is 40.0 Å². The number of benzene rings is 1. The molecule has 0 saturated carbocycles. The van der Waals surface area contributed by atoms with Crippen LogP contribution < -0.4 is 10.4 Å². The number of hydroxylamine groups is 1. The standard InChI is InChI=1S/C27H31N5O2/c1-19-16-32(18-20-4-6-23(7-5-20)27(33)30-34)26-25(19)13-24(15-29-26)22-8-11-31(12-9-22)17-21-3-2-10-28-14-21/h2-7,10,13-15,19,22,34H,8-9,11-12,16-18H2,1H3,(H,30,33). The van der Waals surface area contributed by atoms with Gasteiger partial charge in [0.1, 0.15) is 5.82 Å². The Morgan fingerprint density at radius 1 is 1.09 bits per heavy atom. The third-order valence-corrected chi connectivity index (χ3v) is 7.12. The minimum atomic E-state index is -0.496. The average molecular weight is 458 g/mol. The summed E-state index contributed by atoms with van der Waals surface area (Å²) in [5.74, 6) is 1.58. The Morgan fingerprint density at radius 3 is 2.59 bits per heavy atom. The lowest BCUT2D eigenvalue weighted by Gasteiger charge is -2.32. The second kappa shape index (κ2) is 9.91. The van der Waals surface area contributed by atoms with Crippen molar-refractivity contribution in [1.29, 1.82) is 0 Å². The molecule has 2 N–H and O–H groups in total. The fourth-order valence-electron chi connectivity index (χ4n) is 5.22. The molecule has 0 bridgehead atoms. The Bertz CT molecular complexity index is 1130. The van der Waals surface area contributed by atoms with E-state index in [0.29, 0.717) is 17.4 Å². The largest absolute Gasteiger partial charge is 0.351 e. The zero-order valence-electron chi connectivity index (χ0n) is 19.5. The predicted octanol–water partition coefficient (Wildman–Crippen LogP) is 4.10. The van der Waals surface area contributed by atoms with E-state index in [-0.39, 0.29) is 0 Å². The Morgan fingerprint density at radius 2 is 1.88 bits per heavy atom. The van der Waals surface area contributed by atoms with Crippen LogP contribution in [0.25, 0.3) is 0 Å². The molecular weight excluding hydrogens is 426 g/mol. The van der Waals surface area contributed by atoms with Crippen LogP contribution in [-0.2, 0) is 13.1 Å². The van der Waals surface area contributed by atoms with Gasteiger partial charge in [-0.2, -0.15) is 0 Å². The molecule has 1 saturated heterocycles. The van der Waals surface area contributed by atoms with Gasteiger partial charge < -0.3 is 4.90 Å². The molecule has 1 amide bonds. The van der Waals surface area contributed by atoms with E-state index in [4.69, 9.17) is 10.2 Å². The lowest BCUT2D eigenvalue weighted by atomic mass is 9.88. The van der Waals surface area contributed by atoms with Gasteiger partial charge in [-0.05, 0) is 78.4 Å². The first-order valence-corrected chi connectivity index (χ1v) is 12.0. The van der Waals surface area contributed by atoms with Crippen LogP contribution in [0.4, 0.5) is 5.82 Å². The van der Waals surface area contributed by atoms with E-state index in [1.165, 1.54) is 16.7 Å². The number of fused-ring (bicyclic) bond motifs is 1. The molecule has 1 fully saturated rings. The summed E-state index contributed by atoms with van der Waals surface area (Å²) in [6.45, 7) is 7.13. The summed E-state index contributed by atoms with van der Waals surface area (Å²) in [7, 11) is 0. The van der Waals surface area contributed by atoms with Gasteiger partial charge in [0.25, 0.3) is 5.91 Å². The number of hydrogen-bond acceptors (Lipinski definition) is 6. The van der Waals surface area contributed by atoms with Crippen molar-refractivity contribution >= 4 is 11.7 Å². The molecule has 0 aliphatic carbocycles. The van der Waals surface area contributed by atoms with Gasteiger partial charge >= 0.3 is 0 Å². The van der Waals surface area contributed by atoms with Crippen molar-refractivity contribution in [2.24, 2.45) is 0 Å². The van der Waals surface area contributed by atoms with Gasteiger partial charge in [-0.3, -0.25) is 19.9 Å². The van der Waals surface area contributed by atoms with Crippen LogP contribution in [-0.4, -0.2) is 45.6 Å². The maximum absolute atomic E-state index is 11.6. The van der Waals surface area contributed by atoms with Crippen LogP contribution in [0.15, 0.2) is 61.1 Å².